The Kier molecular flexibility index (Phi) is 5.87. The summed E-state index contributed by atoms with van der Waals surface area (Å²) in [5.41, 5.74) is 18.1. The van der Waals surface area contributed by atoms with Crippen LogP contribution in [0.3, 0.4) is 0 Å². The maximum atomic E-state index is 2.31. The van der Waals surface area contributed by atoms with Crippen LogP contribution in [0.1, 0.15) is 55.6 Å². The molecule has 3 rings (SSSR count). The van der Waals surface area contributed by atoms with Crippen molar-refractivity contribution < 1.29 is 0 Å². The van der Waals surface area contributed by atoms with E-state index in [1.165, 1.54) is 55.6 Å². The first kappa shape index (κ1) is 19.2. The van der Waals surface area contributed by atoms with Crippen LogP contribution < -0.4 is 0 Å². The molecule has 0 aliphatic heterocycles. The van der Waals surface area contributed by atoms with Crippen LogP contribution in [-0.4, -0.2) is 0 Å². The molecule has 0 spiro atoms. The molecule has 0 bridgehead atoms. The van der Waals surface area contributed by atoms with E-state index >= 15 is 0 Å². The van der Waals surface area contributed by atoms with E-state index in [2.05, 4.69) is 92.6 Å². The summed E-state index contributed by atoms with van der Waals surface area (Å²) in [4.78, 5) is 0. The maximum Gasteiger partial charge on any atom is 0 e. The monoisotopic (exact) mass is 532 g/mol. The average Bonchev–Trinajstić information content (AvgIpc) is 2.97. The van der Waals surface area contributed by atoms with Crippen LogP contribution in [0.25, 0.3) is 11.1 Å². The minimum Gasteiger partial charge on any atom is -0.0447 e. The Morgan fingerprint density at radius 2 is 0.696 bits per heavy atom. The number of benzene rings is 2. The van der Waals surface area contributed by atoms with Crippen LogP contribution in [-0.2, 0) is 6.42 Å². The summed E-state index contributed by atoms with van der Waals surface area (Å²) in [6.07, 6.45) is 1.12. The lowest BCUT2D eigenvalue weighted by molar-refractivity contribution is 1.12. The predicted octanol–water partition coefficient (Wildman–Crippen LogP) is 7.50. The lowest BCUT2D eigenvalue weighted by Crippen LogP contribution is -1.99. The third-order valence-corrected chi connectivity index (χ3v) is 6.24. The van der Waals surface area contributed by atoms with E-state index < -0.39 is 0 Å². The molecule has 23 heavy (non-hydrogen) atoms. The Hall–Kier alpha value is -0.1000. The fraction of sp³-hybridized carbons (Fsp3) is 0.429. The summed E-state index contributed by atoms with van der Waals surface area (Å²) >= 11 is 4.24. The Morgan fingerprint density at radius 1 is 0.435 bits per heavy atom. The number of hydrogen-bond acceptors (Lipinski definition) is 0. The topological polar surface area (TPSA) is 0 Å². The largest absolute Gasteiger partial charge is 0.0447 e. The summed E-state index contributed by atoms with van der Waals surface area (Å²) < 4.78 is 0. The third kappa shape index (κ3) is 2.78. The molecule has 124 valence electrons. The van der Waals surface area contributed by atoms with E-state index in [-0.39, 0.29) is 0 Å². The van der Waals surface area contributed by atoms with Crippen molar-refractivity contribution in [1.82, 2.24) is 0 Å². The first-order valence-electron chi connectivity index (χ1n) is 8.10. The molecule has 1 aliphatic carbocycles. The molecule has 0 heterocycles. The smallest absolute Gasteiger partial charge is 0 e. The van der Waals surface area contributed by atoms with Gasteiger partial charge in [0.2, 0.25) is 0 Å². The van der Waals surface area contributed by atoms with Crippen molar-refractivity contribution >= 4 is 37.2 Å². The predicted molar refractivity (Wildman–Crippen MR) is 121 cm³/mol. The number of fused-ring (bicyclic) bond motifs is 3. The van der Waals surface area contributed by atoms with Crippen LogP contribution in [0.2, 0.25) is 0 Å². The van der Waals surface area contributed by atoms with Crippen LogP contribution in [0.5, 0.6) is 0 Å². The lowest BCUT2D eigenvalue weighted by Gasteiger charge is -2.19. The van der Waals surface area contributed by atoms with Gasteiger partial charge in [-0.2, -0.15) is 0 Å². The van der Waals surface area contributed by atoms with E-state index in [4.69, 9.17) is 0 Å². The molecule has 0 saturated carbocycles. The van der Waals surface area contributed by atoms with Gasteiger partial charge in [-0.25, -0.2) is 0 Å². The second kappa shape index (κ2) is 7.03. The fourth-order valence-corrected chi connectivity index (χ4v) is 4.08. The number of hydrogen-bond donors (Lipinski definition) is 0. The molecule has 0 nitrogen and oxygen atoms in total. The standard InChI is InChI=1S/C21H26.I2/c1-10-12(3)16(7)20-18(14(10)5)9-19-15(6)11(2)13(4)17(8)21(19)20;1-2/h9H2,1-8H3;. The zero-order valence-electron chi connectivity index (χ0n) is 15.5. The van der Waals surface area contributed by atoms with Gasteiger partial charge in [0.25, 0.3) is 0 Å². The van der Waals surface area contributed by atoms with Gasteiger partial charge in [0.1, 0.15) is 0 Å². The third-order valence-electron chi connectivity index (χ3n) is 6.24. The van der Waals surface area contributed by atoms with Crippen LogP contribution in [0.4, 0.5) is 0 Å². The molecular weight excluding hydrogens is 506 g/mol. The van der Waals surface area contributed by atoms with Gasteiger partial charge < -0.3 is 0 Å². The van der Waals surface area contributed by atoms with Crippen LogP contribution in [0, 0.1) is 55.4 Å². The van der Waals surface area contributed by atoms with Crippen LogP contribution in [0.15, 0.2) is 0 Å². The molecule has 0 fully saturated rings. The van der Waals surface area contributed by atoms with Crippen molar-refractivity contribution in [3.63, 3.8) is 0 Å². The van der Waals surface area contributed by atoms with Crippen molar-refractivity contribution in [1.29, 1.82) is 0 Å². The molecule has 1 aliphatic rings. The summed E-state index contributed by atoms with van der Waals surface area (Å²) in [5, 5.41) is 0. The van der Waals surface area contributed by atoms with Crippen molar-refractivity contribution in [2.75, 3.05) is 0 Å². The van der Waals surface area contributed by atoms with Gasteiger partial charge in [0.05, 0.1) is 0 Å². The first-order valence-corrected chi connectivity index (χ1v) is 14.4. The second-order valence-electron chi connectivity index (χ2n) is 6.88. The Balaban J connectivity index is 0.000000924. The van der Waals surface area contributed by atoms with Crippen molar-refractivity contribution in [3.05, 3.63) is 55.6 Å². The van der Waals surface area contributed by atoms with Gasteiger partial charge in [0.15, 0.2) is 0 Å². The van der Waals surface area contributed by atoms with Gasteiger partial charge in [-0.3, -0.25) is 0 Å². The molecule has 0 amide bonds. The molecule has 0 aromatic heterocycles. The summed E-state index contributed by atoms with van der Waals surface area (Å²) in [6, 6.07) is 0. The van der Waals surface area contributed by atoms with Gasteiger partial charge in [-0.1, -0.05) is 0 Å². The highest BCUT2D eigenvalue weighted by Gasteiger charge is 2.28. The molecule has 2 aromatic rings. The van der Waals surface area contributed by atoms with Gasteiger partial charge in [-0.15, -0.1) is 0 Å². The summed E-state index contributed by atoms with van der Waals surface area (Å²) in [5.74, 6) is 0. The van der Waals surface area contributed by atoms with Crippen molar-refractivity contribution in [2.24, 2.45) is 0 Å². The molecule has 0 unspecified atom stereocenters. The lowest BCUT2D eigenvalue weighted by atomic mass is 9.86. The SMILES string of the molecule is Cc1c(C)c(C)c2c(c1C)Cc1c(C)c(C)c(C)c(C)c1-2.II. The highest BCUT2D eigenvalue weighted by Crippen LogP contribution is 2.47. The molecule has 0 N–H and O–H groups in total. The quantitative estimate of drug-likeness (QED) is 0.263. The van der Waals surface area contributed by atoms with E-state index in [9.17, 15) is 0 Å². The Morgan fingerprint density at radius 3 is 1.00 bits per heavy atom. The highest BCUT2D eigenvalue weighted by molar-refractivity contribution is 15.0. The van der Waals surface area contributed by atoms with E-state index in [1.807, 2.05) is 0 Å². The van der Waals surface area contributed by atoms with Gasteiger partial charge in [-0.05, 0) is 129 Å². The fourth-order valence-electron chi connectivity index (χ4n) is 4.08. The highest BCUT2D eigenvalue weighted by atomic mass is 128. The number of halogens is 2. The molecule has 0 radical (unpaired) electrons. The minimum absolute atomic E-state index is 1.12. The van der Waals surface area contributed by atoms with Gasteiger partial charge in [0, 0.05) is 37.2 Å². The normalized spacial score (nSPS) is 11.7. The Bertz CT molecular complexity index is 731. The summed E-state index contributed by atoms with van der Waals surface area (Å²) in [6.45, 7) is 18.3. The van der Waals surface area contributed by atoms with Crippen molar-refractivity contribution in [3.8, 4) is 11.1 Å². The van der Waals surface area contributed by atoms with Crippen LogP contribution >= 0.6 is 37.2 Å². The molecular formula is C21H26I2. The van der Waals surface area contributed by atoms with E-state index in [1.54, 1.807) is 11.1 Å². The number of rotatable bonds is 0. The van der Waals surface area contributed by atoms with Gasteiger partial charge >= 0.3 is 0 Å². The molecule has 2 heteroatoms. The van der Waals surface area contributed by atoms with E-state index in [0.29, 0.717) is 0 Å². The second-order valence-corrected chi connectivity index (χ2v) is 6.88. The van der Waals surface area contributed by atoms with Crippen molar-refractivity contribution in [2.45, 2.75) is 61.8 Å². The Labute approximate surface area is 164 Å². The molecule has 0 saturated heterocycles. The summed E-state index contributed by atoms with van der Waals surface area (Å²) in [7, 11) is 0. The maximum absolute atomic E-state index is 2.31. The first-order chi connectivity index (χ1) is 10.8. The minimum atomic E-state index is 1.12. The average molecular weight is 532 g/mol. The molecule has 2 aromatic carbocycles. The zero-order valence-corrected chi connectivity index (χ0v) is 19.8. The van der Waals surface area contributed by atoms with E-state index in [0.717, 1.165) is 6.42 Å². The zero-order chi connectivity index (χ0) is 17.6. The molecule has 0 atom stereocenters.